The molecule has 0 saturated carbocycles. The Kier molecular flexibility index (Phi) is 5.89. The van der Waals surface area contributed by atoms with Gasteiger partial charge in [0.05, 0.1) is 17.2 Å². The highest BCUT2D eigenvalue weighted by atomic mass is 79.9. The Bertz CT molecular complexity index is 481. The Morgan fingerprint density at radius 3 is 2.68 bits per heavy atom. The van der Waals surface area contributed by atoms with Crippen LogP contribution in [0.2, 0.25) is 0 Å². The van der Waals surface area contributed by atoms with Crippen molar-refractivity contribution in [1.82, 2.24) is 0 Å². The normalized spacial score (nSPS) is 11.0. The molecule has 19 heavy (non-hydrogen) atoms. The fraction of sp³-hybridized carbons (Fsp3) is 0.357. The summed E-state index contributed by atoms with van der Waals surface area (Å²) in [5.74, 6) is 0.233. The second kappa shape index (κ2) is 7.19. The van der Waals surface area contributed by atoms with Crippen LogP contribution in [0.5, 0.6) is 11.5 Å². The van der Waals surface area contributed by atoms with E-state index in [-0.39, 0.29) is 6.10 Å². The molecule has 0 spiro atoms. The number of carboxylic acid groups (broad SMARTS) is 1. The number of benzene rings is 1. The van der Waals surface area contributed by atoms with Gasteiger partial charge >= 0.3 is 5.97 Å². The lowest BCUT2D eigenvalue weighted by molar-refractivity contribution is -0.131. The fourth-order valence-electron chi connectivity index (χ4n) is 1.46. The second-order valence-electron chi connectivity index (χ2n) is 4.10. The fourth-order valence-corrected chi connectivity index (χ4v) is 2.02. The van der Waals surface area contributed by atoms with Crippen molar-refractivity contribution in [1.29, 1.82) is 0 Å². The topological polar surface area (TPSA) is 55.8 Å². The summed E-state index contributed by atoms with van der Waals surface area (Å²) in [5, 5.41) is 8.64. The van der Waals surface area contributed by atoms with E-state index in [9.17, 15) is 4.79 Å². The molecule has 0 aliphatic carbocycles. The van der Waals surface area contributed by atoms with Gasteiger partial charge in [0, 0.05) is 6.08 Å². The second-order valence-corrected chi connectivity index (χ2v) is 4.96. The first-order chi connectivity index (χ1) is 8.93. The number of hydrogen-bond acceptors (Lipinski definition) is 3. The van der Waals surface area contributed by atoms with Gasteiger partial charge in [0.15, 0.2) is 11.5 Å². The van der Waals surface area contributed by atoms with Crippen molar-refractivity contribution in [2.75, 3.05) is 6.61 Å². The molecule has 1 aromatic carbocycles. The molecule has 1 rings (SSSR count). The standard InChI is InChI=1S/C14H17BrO4/c1-4-18-12-8-10(5-6-13(16)17)7-11(15)14(12)19-9(2)3/h5-9H,4H2,1-3H3,(H,16,17)/b6-5+. The van der Waals surface area contributed by atoms with Crippen LogP contribution in [0.15, 0.2) is 22.7 Å². The van der Waals surface area contributed by atoms with E-state index in [0.717, 1.165) is 16.1 Å². The number of aliphatic carboxylic acids is 1. The van der Waals surface area contributed by atoms with Crippen LogP contribution in [0.25, 0.3) is 6.08 Å². The van der Waals surface area contributed by atoms with Crippen LogP contribution < -0.4 is 9.47 Å². The monoisotopic (exact) mass is 328 g/mol. The van der Waals surface area contributed by atoms with Gasteiger partial charge in [-0.05, 0) is 60.5 Å². The summed E-state index contributed by atoms with van der Waals surface area (Å²) in [7, 11) is 0. The van der Waals surface area contributed by atoms with Crippen molar-refractivity contribution in [2.45, 2.75) is 26.9 Å². The Morgan fingerprint density at radius 1 is 1.47 bits per heavy atom. The van der Waals surface area contributed by atoms with Gasteiger partial charge in [-0.3, -0.25) is 0 Å². The van der Waals surface area contributed by atoms with E-state index in [1.807, 2.05) is 20.8 Å². The number of ether oxygens (including phenoxy) is 2. The average molecular weight is 329 g/mol. The number of rotatable bonds is 6. The maximum atomic E-state index is 10.5. The molecule has 0 unspecified atom stereocenters. The molecule has 5 heteroatoms. The largest absolute Gasteiger partial charge is 0.490 e. The van der Waals surface area contributed by atoms with Gasteiger partial charge in [-0.1, -0.05) is 0 Å². The Balaban J connectivity index is 3.16. The summed E-state index contributed by atoms with van der Waals surface area (Å²) in [5.41, 5.74) is 0.730. The minimum absolute atomic E-state index is 0.0240. The number of carbonyl (C=O) groups is 1. The van der Waals surface area contributed by atoms with Crippen molar-refractivity contribution in [3.63, 3.8) is 0 Å². The van der Waals surface area contributed by atoms with Crippen molar-refractivity contribution in [2.24, 2.45) is 0 Å². The summed E-state index contributed by atoms with van der Waals surface area (Å²) in [6.07, 6.45) is 2.62. The Hall–Kier alpha value is -1.49. The third kappa shape index (κ3) is 4.95. The summed E-state index contributed by atoms with van der Waals surface area (Å²) >= 11 is 3.42. The summed E-state index contributed by atoms with van der Waals surface area (Å²) < 4.78 is 12.0. The highest BCUT2D eigenvalue weighted by Gasteiger charge is 2.12. The van der Waals surface area contributed by atoms with Gasteiger partial charge in [-0.25, -0.2) is 4.79 Å². The van der Waals surface area contributed by atoms with Crippen molar-refractivity contribution >= 4 is 28.0 Å². The molecule has 0 bridgehead atoms. The summed E-state index contributed by atoms with van der Waals surface area (Å²) in [6, 6.07) is 3.55. The lowest BCUT2D eigenvalue weighted by atomic mass is 10.2. The molecule has 0 amide bonds. The van der Waals surface area contributed by atoms with Gasteiger partial charge in [-0.2, -0.15) is 0 Å². The quantitative estimate of drug-likeness (QED) is 0.808. The van der Waals surface area contributed by atoms with Crippen LogP contribution in [-0.2, 0) is 4.79 Å². The maximum Gasteiger partial charge on any atom is 0.328 e. The van der Waals surface area contributed by atoms with Crippen LogP contribution in [0, 0.1) is 0 Å². The van der Waals surface area contributed by atoms with Gasteiger partial charge in [0.2, 0.25) is 0 Å². The molecule has 0 aliphatic heterocycles. The lowest BCUT2D eigenvalue weighted by Crippen LogP contribution is -2.08. The Labute approximate surface area is 121 Å². The maximum absolute atomic E-state index is 10.5. The number of hydrogen-bond donors (Lipinski definition) is 1. The minimum atomic E-state index is -0.989. The van der Waals surface area contributed by atoms with E-state index in [1.54, 1.807) is 12.1 Å². The zero-order valence-electron chi connectivity index (χ0n) is 11.1. The minimum Gasteiger partial charge on any atom is -0.490 e. The molecule has 104 valence electrons. The molecule has 0 aromatic heterocycles. The van der Waals surface area contributed by atoms with E-state index in [4.69, 9.17) is 14.6 Å². The van der Waals surface area contributed by atoms with Crippen molar-refractivity contribution in [3.05, 3.63) is 28.2 Å². The molecule has 0 aliphatic rings. The zero-order chi connectivity index (χ0) is 14.4. The molecule has 0 radical (unpaired) electrons. The van der Waals surface area contributed by atoms with Crippen molar-refractivity contribution in [3.8, 4) is 11.5 Å². The Morgan fingerprint density at radius 2 is 2.16 bits per heavy atom. The first kappa shape index (κ1) is 15.6. The molecule has 0 heterocycles. The van der Waals surface area contributed by atoms with E-state index < -0.39 is 5.97 Å². The van der Waals surface area contributed by atoms with Crippen LogP contribution >= 0.6 is 15.9 Å². The molecule has 4 nitrogen and oxygen atoms in total. The van der Waals surface area contributed by atoms with E-state index in [1.165, 1.54) is 6.08 Å². The first-order valence-corrected chi connectivity index (χ1v) is 6.77. The molecule has 1 N–H and O–H groups in total. The number of halogens is 1. The predicted molar refractivity (Wildman–Crippen MR) is 77.7 cm³/mol. The SMILES string of the molecule is CCOc1cc(/C=C/C(=O)O)cc(Br)c1OC(C)C. The zero-order valence-corrected chi connectivity index (χ0v) is 12.7. The van der Waals surface area contributed by atoms with Gasteiger partial charge in [0.1, 0.15) is 0 Å². The summed E-state index contributed by atoms with van der Waals surface area (Å²) in [4.78, 5) is 10.5. The highest BCUT2D eigenvalue weighted by Crippen LogP contribution is 2.37. The predicted octanol–water partition coefficient (Wildman–Crippen LogP) is 3.73. The molecule has 0 fully saturated rings. The van der Waals surface area contributed by atoms with E-state index in [2.05, 4.69) is 15.9 Å². The number of carboxylic acids is 1. The van der Waals surface area contributed by atoms with Gasteiger partial charge in [-0.15, -0.1) is 0 Å². The van der Waals surface area contributed by atoms with E-state index in [0.29, 0.717) is 18.1 Å². The third-order valence-corrected chi connectivity index (χ3v) is 2.69. The molecule has 0 saturated heterocycles. The van der Waals surface area contributed by atoms with Crippen LogP contribution in [-0.4, -0.2) is 23.8 Å². The molecular formula is C14H17BrO4. The van der Waals surface area contributed by atoms with Crippen LogP contribution in [0.4, 0.5) is 0 Å². The third-order valence-electron chi connectivity index (χ3n) is 2.10. The van der Waals surface area contributed by atoms with Gasteiger partial charge in [0.25, 0.3) is 0 Å². The summed E-state index contributed by atoms with van der Waals surface area (Å²) in [6.45, 7) is 6.25. The van der Waals surface area contributed by atoms with Crippen LogP contribution in [0.3, 0.4) is 0 Å². The average Bonchev–Trinajstić information content (AvgIpc) is 2.31. The van der Waals surface area contributed by atoms with E-state index >= 15 is 0 Å². The first-order valence-electron chi connectivity index (χ1n) is 5.98. The van der Waals surface area contributed by atoms with Gasteiger partial charge < -0.3 is 14.6 Å². The molecule has 1 aromatic rings. The van der Waals surface area contributed by atoms with Crippen LogP contribution in [0.1, 0.15) is 26.3 Å². The molecular weight excluding hydrogens is 312 g/mol. The highest BCUT2D eigenvalue weighted by molar-refractivity contribution is 9.10. The lowest BCUT2D eigenvalue weighted by Gasteiger charge is -2.16. The van der Waals surface area contributed by atoms with Crippen molar-refractivity contribution < 1.29 is 19.4 Å². The molecule has 0 atom stereocenters. The smallest absolute Gasteiger partial charge is 0.328 e.